The molecular weight excluding hydrogens is 284 g/mol. The van der Waals surface area contributed by atoms with Crippen LogP contribution in [0.1, 0.15) is 18.6 Å². The van der Waals surface area contributed by atoms with Crippen molar-refractivity contribution in [3.05, 3.63) is 24.2 Å². The third-order valence-corrected chi connectivity index (χ3v) is 4.93. The summed E-state index contributed by atoms with van der Waals surface area (Å²) in [5, 5.41) is 0. The van der Waals surface area contributed by atoms with Crippen molar-refractivity contribution in [2.75, 3.05) is 32.8 Å². The molecule has 3 aliphatic heterocycles. The Kier molecular flexibility index (Phi) is 3.90. The Morgan fingerprint density at radius 3 is 2.91 bits per heavy atom. The Morgan fingerprint density at radius 2 is 2.14 bits per heavy atom. The monoisotopic (exact) mass is 306 g/mol. The molecule has 0 radical (unpaired) electrons. The highest BCUT2D eigenvalue weighted by molar-refractivity contribution is 5.81. The van der Waals surface area contributed by atoms with Crippen molar-refractivity contribution >= 4 is 5.91 Å². The summed E-state index contributed by atoms with van der Waals surface area (Å²) in [7, 11) is 0. The lowest BCUT2D eigenvalue weighted by molar-refractivity contribution is -0.146. The van der Waals surface area contributed by atoms with Crippen LogP contribution in [0.3, 0.4) is 0 Å². The number of morpholine rings is 1. The van der Waals surface area contributed by atoms with Crippen molar-refractivity contribution in [2.24, 2.45) is 0 Å². The third-order valence-electron chi connectivity index (χ3n) is 4.93. The van der Waals surface area contributed by atoms with Gasteiger partial charge < -0.3 is 18.8 Å². The van der Waals surface area contributed by atoms with E-state index >= 15 is 0 Å². The summed E-state index contributed by atoms with van der Waals surface area (Å²) in [4.78, 5) is 16.8. The standard InChI is InChI=1S/C16H22N2O4/c19-16(17-5-8-20-9-6-17)15-10-13-14(22-15)3-4-18(13)11-12-2-1-7-21-12/h1-2,7,13-15H,3-6,8-11H2/t13-,14-,15-/m0/s1. The fourth-order valence-corrected chi connectivity index (χ4v) is 3.78. The number of amides is 1. The van der Waals surface area contributed by atoms with Crippen molar-refractivity contribution in [3.8, 4) is 0 Å². The first kappa shape index (κ1) is 14.2. The second-order valence-corrected chi connectivity index (χ2v) is 6.24. The maximum atomic E-state index is 12.6. The molecular formula is C16H22N2O4. The first-order chi connectivity index (χ1) is 10.8. The summed E-state index contributed by atoms with van der Waals surface area (Å²) in [6, 6.07) is 4.25. The van der Waals surface area contributed by atoms with Crippen LogP contribution in [0.15, 0.2) is 22.8 Å². The van der Waals surface area contributed by atoms with Gasteiger partial charge in [-0.25, -0.2) is 0 Å². The number of fused-ring (bicyclic) bond motifs is 1. The van der Waals surface area contributed by atoms with E-state index in [1.54, 1.807) is 6.26 Å². The Bertz CT molecular complexity index is 512. The van der Waals surface area contributed by atoms with Gasteiger partial charge in [-0.2, -0.15) is 0 Å². The Hall–Kier alpha value is -1.37. The molecule has 0 aliphatic carbocycles. The summed E-state index contributed by atoms with van der Waals surface area (Å²) in [6.07, 6.45) is 3.40. The number of nitrogens with zero attached hydrogens (tertiary/aromatic N) is 2. The van der Waals surface area contributed by atoms with E-state index in [0.717, 1.165) is 31.7 Å². The summed E-state index contributed by atoms with van der Waals surface area (Å²) in [5.74, 6) is 1.11. The van der Waals surface area contributed by atoms with E-state index in [1.807, 2.05) is 17.0 Å². The molecule has 3 aliphatic rings. The van der Waals surface area contributed by atoms with E-state index in [0.29, 0.717) is 32.3 Å². The molecule has 3 atom stereocenters. The number of hydrogen-bond donors (Lipinski definition) is 0. The molecule has 4 heterocycles. The van der Waals surface area contributed by atoms with E-state index in [1.165, 1.54) is 0 Å². The lowest BCUT2D eigenvalue weighted by Crippen LogP contribution is -2.46. The lowest BCUT2D eigenvalue weighted by atomic mass is 10.1. The fraction of sp³-hybridized carbons (Fsp3) is 0.688. The SMILES string of the molecule is O=C([C@@H]1C[C@H]2[C@H](CCN2Cc2ccco2)O1)N1CCOCC1. The number of carbonyl (C=O) groups is 1. The van der Waals surface area contributed by atoms with Gasteiger partial charge in [-0.1, -0.05) is 0 Å². The molecule has 6 nitrogen and oxygen atoms in total. The zero-order valence-electron chi connectivity index (χ0n) is 12.6. The number of hydrogen-bond acceptors (Lipinski definition) is 5. The smallest absolute Gasteiger partial charge is 0.251 e. The topological polar surface area (TPSA) is 55.2 Å². The number of furan rings is 1. The molecule has 0 aromatic carbocycles. The Morgan fingerprint density at radius 1 is 1.27 bits per heavy atom. The van der Waals surface area contributed by atoms with Crippen LogP contribution in [0, 0.1) is 0 Å². The van der Waals surface area contributed by atoms with Crippen LogP contribution in [0.2, 0.25) is 0 Å². The minimum absolute atomic E-state index is 0.135. The van der Waals surface area contributed by atoms with Gasteiger partial charge in [0.05, 0.1) is 32.1 Å². The van der Waals surface area contributed by atoms with Gasteiger partial charge in [-0.15, -0.1) is 0 Å². The van der Waals surface area contributed by atoms with E-state index in [2.05, 4.69) is 4.90 Å². The van der Waals surface area contributed by atoms with Crippen LogP contribution >= 0.6 is 0 Å². The van der Waals surface area contributed by atoms with Crippen molar-refractivity contribution < 1.29 is 18.7 Å². The average Bonchev–Trinajstić information content (AvgIpc) is 3.26. The average molecular weight is 306 g/mol. The zero-order chi connectivity index (χ0) is 14.9. The van der Waals surface area contributed by atoms with Crippen molar-refractivity contribution in [2.45, 2.75) is 37.6 Å². The summed E-state index contributed by atoms with van der Waals surface area (Å²) in [5.41, 5.74) is 0. The number of ether oxygens (including phenoxy) is 2. The van der Waals surface area contributed by atoms with Gasteiger partial charge in [0, 0.05) is 32.1 Å². The molecule has 0 unspecified atom stereocenters. The van der Waals surface area contributed by atoms with Gasteiger partial charge in [0.1, 0.15) is 11.9 Å². The highest BCUT2D eigenvalue weighted by Gasteiger charge is 2.46. The maximum Gasteiger partial charge on any atom is 0.251 e. The minimum Gasteiger partial charge on any atom is -0.468 e. The van der Waals surface area contributed by atoms with E-state index in [-0.39, 0.29) is 18.1 Å². The fourth-order valence-electron chi connectivity index (χ4n) is 3.78. The molecule has 0 bridgehead atoms. The van der Waals surface area contributed by atoms with E-state index in [4.69, 9.17) is 13.9 Å². The summed E-state index contributed by atoms with van der Waals surface area (Å²) >= 11 is 0. The highest BCUT2D eigenvalue weighted by atomic mass is 16.5. The lowest BCUT2D eigenvalue weighted by Gasteiger charge is -2.29. The molecule has 4 rings (SSSR count). The molecule has 0 saturated carbocycles. The summed E-state index contributed by atoms with van der Waals surface area (Å²) in [6.45, 7) is 4.45. The third kappa shape index (κ3) is 2.66. The Labute approximate surface area is 129 Å². The normalized spacial score (nSPS) is 32.4. The van der Waals surface area contributed by atoms with Crippen molar-refractivity contribution in [1.82, 2.24) is 9.80 Å². The predicted octanol–water partition coefficient (Wildman–Crippen LogP) is 0.870. The Balaban J connectivity index is 1.38. The molecule has 3 saturated heterocycles. The number of carbonyl (C=O) groups excluding carboxylic acids is 1. The van der Waals surface area contributed by atoms with Gasteiger partial charge in [0.2, 0.25) is 0 Å². The minimum atomic E-state index is -0.285. The predicted molar refractivity (Wildman–Crippen MR) is 78.2 cm³/mol. The van der Waals surface area contributed by atoms with Crippen LogP contribution in [0.25, 0.3) is 0 Å². The molecule has 6 heteroatoms. The van der Waals surface area contributed by atoms with Gasteiger partial charge in [0.25, 0.3) is 5.91 Å². The van der Waals surface area contributed by atoms with Crippen LogP contribution in [-0.4, -0.2) is 66.8 Å². The van der Waals surface area contributed by atoms with Crippen LogP contribution in [0.4, 0.5) is 0 Å². The van der Waals surface area contributed by atoms with Crippen LogP contribution < -0.4 is 0 Å². The van der Waals surface area contributed by atoms with Gasteiger partial charge >= 0.3 is 0 Å². The molecule has 1 amide bonds. The van der Waals surface area contributed by atoms with E-state index < -0.39 is 0 Å². The van der Waals surface area contributed by atoms with Gasteiger partial charge in [0.15, 0.2) is 0 Å². The second-order valence-electron chi connectivity index (χ2n) is 6.24. The molecule has 0 spiro atoms. The van der Waals surface area contributed by atoms with Crippen molar-refractivity contribution in [3.63, 3.8) is 0 Å². The number of rotatable bonds is 3. The number of likely N-dealkylation sites (tertiary alicyclic amines) is 1. The maximum absolute atomic E-state index is 12.6. The second kappa shape index (κ2) is 6.02. The summed E-state index contributed by atoms with van der Waals surface area (Å²) < 4.78 is 16.8. The first-order valence-corrected chi connectivity index (χ1v) is 8.10. The molecule has 1 aromatic rings. The van der Waals surface area contributed by atoms with Gasteiger partial charge in [-0.05, 0) is 18.6 Å². The van der Waals surface area contributed by atoms with Crippen LogP contribution in [-0.2, 0) is 20.8 Å². The van der Waals surface area contributed by atoms with E-state index in [9.17, 15) is 4.79 Å². The van der Waals surface area contributed by atoms with Gasteiger partial charge in [-0.3, -0.25) is 9.69 Å². The molecule has 3 fully saturated rings. The van der Waals surface area contributed by atoms with Crippen LogP contribution in [0.5, 0.6) is 0 Å². The first-order valence-electron chi connectivity index (χ1n) is 8.10. The molecule has 0 N–H and O–H groups in total. The largest absolute Gasteiger partial charge is 0.468 e. The molecule has 120 valence electrons. The molecule has 1 aromatic heterocycles. The zero-order valence-corrected chi connectivity index (χ0v) is 12.6. The quantitative estimate of drug-likeness (QED) is 0.829. The highest BCUT2D eigenvalue weighted by Crippen LogP contribution is 2.34. The van der Waals surface area contributed by atoms with Crippen molar-refractivity contribution in [1.29, 1.82) is 0 Å². The molecule has 22 heavy (non-hydrogen) atoms.